The molecule has 8 heteroatoms. The van der Waals surface area contributed by atoms with E-state index in [1.807, 2.05) is 0 Å². The summed E-state index contributed by atoms with van der Waals surface area (Å²) in [6.07, 6.45) is 0. The van der Waals surface area contributed by atoms with E-state index in [0.29, 0.717) is 28.6 Å². The molecule has 1 amide bonds. The van der Waals surface area contributed by atoms with Crippen molar-refractivity contribution in [2.75, 3.05) is 19.3 Å². The standard InChI is InChI=1S/C15H15N3O4S/c1-21-12-6-4-9(14(17-12)22-2)15-18(20)10-5-3-8(13(16)19)7-11(10)23-15/h3-7,15,20H,1-2H3,(H2,16,19). The molecule has 0 aliphatic carbocycles. The molecule has 1 aliphatic heterocycles. The monoisotopic (exact) mass is 333 g/mol. The lowest BCUT2D eigenvalue weighted by atomic mass is 10.2. The number of fused-ring (bicyclic) bond motifs is 1. The number of thioether (sulfide) groups is 1. The van der Waals surface area contributed by atoms with Gasteiger partial charge in [-0.15, -0.1) is 0 Å². The number of methoxy groups -OCH3 is 2. The van der Waals surface area contributed by atoms with Crippen molar-refractivity contribution in [1.82, 2.24) is 4.98 Å². The van der Waals surface area contributed by atoms with E-state index in [0.717, 1.165) is 9.96 Å². The first kappa shape index (κ1) is 15.4. The van der Waals surface area contributed by atoms with E-state index < -0.39 is 11.3 Å². The van der Waals surface area contributed by atoms with E-state index in [1.54, 1.807) is 30.3 Å². The molecule has 1 unspecified atom stereocenters. The van der Waals surface area contributed by atoms with Gasteiger partial charge in [-0.1, -0.05) is 11.8 Å². The number of hydrogen-bond donors (Lipinski definition) is 2. The SMILES string of the molecule is COc1ccc(C2Sc3cc(C(N)=O)ccc3N2O)c(OC)n1. The highest BCUT2D eigenvalue weighted by molar-refractivity contribution is 8.00. The summed E-state index contributed by atoms with van der Waals surface area (Å²) in [5, 5.41) is 11.1. The number of carbonyl (C=O) groups is 1. The molecule has 120 valence electrons. The Hall–Kier alpha value is -2.45. The van der Waals surface area contributed by atoms with Gasteiger partial charge in [-0.05, 0) is 24.3 Å². The van der Waals surface area contributed by atoms with Crippen molar-refractivity contribution >= 4 is 23.4 Å². The molecule has 3 rings (SSSR count). The summed E-state index contributed by atoms with van der Waals surface area (Å²) in [7, 11) is 3.02. The minimum atomic E-state index is -0.509. The van der Waals surface area contributed by atoms with Crippen LogP contribution >= 0.6 is 11.8 Å². The molecule has 0 saturated carbocycles. The molecule has 0 saturated heterocycles. The number of primary amides is 1. The highest BCUT2D eigenvalue weighted by Crippen LogP contribution is 2.52. The van der Waals surface area contributed by atoms with Gasteiger partial charge in [0.15, 0.2) is 0 Å². The Morgan fingerprint density at radius 2 is 2.09 bits per heavy atom. The molecule has 0 bridgehead atoms. The predicted octanol–water partition coefficient (Wildman–Crippen LogP) is 2.20. The van der Waals surface area contributed by atoms with Crippen molar-refractivity contribution in [1.29, 1.82) is 0 Å². The Morgan fingerprint density at radius 3 is 2.74 bits per heavy atom. The zero-order chi connectivity index (χ0) is 16.6. The molecule has 1 atom stereocenters. The zero-order valence-electron chi connectivity index (χ0n) is 12.5. The van der Waals surface area contributed by atoms with E-state index in [4.69, 9.17) is 15.2 Å². The van der Waals surface area contributed by atoms with Gasteiger partial charge in [0.2, 0.25) is 17.7 Å². The van der Waals surface area contributed by atoms with Gasteiger partial charge < -0.3 is 15.2 Å². The number of ether oxygens (including phenoxy) is 2. The largest absolute Gasteiger partial charge is 0.481 e. The maximum Gasteiger partial charge on any atom is 0.248 e. The van der Waals surface area contributed by atoms with Crippen LogP contribution in [-0.4, -0.2) is 30.3 Å². The Balaban J connectivity index is 1.98. The Labute approximate surface area is 137 Å². The smallest absolute Gasteiger partial charge is 0.248 e. The molecule has 2 aromatic rings. The van der Waals surface area contributed by atoms with Gasteiger partial charge in [-0.25, -0.2) is 5.06 Å². The van der Waals surface area contributed by atoms with E-state index in [1.165, 1.54) is 26.0 Å². The minimum Gasteiger partial charge on any atom is -0.481 e. The predicted molar refractivity (Wildman–Crippen MR) is 85.2 cm³/mol. The van der Waals surface area contributed by atoms with Crippen LogP contribution in [0.1, 0.15) is 21.3 Å². The number of anilines is 1. The van der Waals surface area contributed by atoms with Crippen LogP contribution in [0.2, 0.25) is 0 Å². The maximum atomic E-state index is 11.3. The summed E-state index contributed by atoms with van der Waals surface area (Å²) in [5.41, 5.74) is 6.98. The van der Waals surface area contributed by atoms with Crippen LogP contribution in [0.5, 0.6) is 11.8 Å². The second-order valence-corrected chi connectivity index (χ2v) is 5.94. The lowest BCUT2D eigenvalue weighted by Gasteiger charge is -2.21. The molecular formula is C15H15N3O4S. The average molecular weight is 333 g/mol. The second-order valence-electron chi connectivity index (χ2n) is 4.81. The first-order valence-electron chi connectivity index (χ1n) is 6.72. The van der Waals surface area contributed by atoms with Crippen LogP contribution in [0, 0.1) is 0 Å². The molecule has 0 radical (unpaired) electrons. The number of rotatable bonds is 4. The Kier molecular flexibility index (Phi) is 4.01. The first-order valence-corrected chi connectivity index (χ1v) is 7.60. The first-order chi connectivity index (χ1) is 11.0. The van der Waals surface area contributed by atoms with E-state index in [2.05, 4.69) is 4.98 Å². The molecule has 1 aliphatic rings. The molecule has 1 aromatic heterocycles. The van der Waals surface area contributed by atoms with Gasteiger partial charge in [-0.2, -0.15) is 4.98 Å². The summed E-state index contributed by atoms with van der Waals surface area (Å²) in [4.78, 5) is 16.3. The van der Waals surface area contributed by atoms with Gasteiger partial charge >= 0.3 is 0 Å². The molecule has 0 spiro atoms. The molecule has 23 heavy (non-hydrogen) atoms. The third kappa shape index (κ3) is 2.66. The number of nitrogens with zero attached hydrogens (tertiary/aromatic N) is 2. The van der Waals surface area contributed by atoms with Crippen molar-refractivity contribution in [3.05, 3.63) is 41.5 Å². The Bertz CT molecular complexity index is 768. The van der Waals surface area contributed by atoms with Crippen LogP contribution in [-0.2, 0) is 0 Å². The molecule has 0 fully saturated rings. The van der Waals surface area contributed by atoms with Crippen molar-refractivity contribution in [2.24, 2.45) is 5.73 Å². The van der Waals surface area contributed by atoms with E-state index >= 15 is 0 Å². The summed E-state index contributed by atoms with van der Waals surface area (Å²) in [6, 6.07) is 8.38. The number of nitrogens with two attached hydrogens (primary N) is 1. The van der Waals surface area contributed by atoms with Crippen molar-refractivity contribution in [3.8, 4) is 11.8 Å². The third-order valence-corrected chi connectivity index (χ3v) is 4.74. The van der Waals surface area contributed by atoms with Crippen LogP contribution in [0.15, 0.2) is 35.2 Å². The van der Waals surface area contributed by atoms with Gasteiger partial charge in [0.1, 0.15) is 5.37 Å². The topological polar surface area (TPSA) is 97.9 Å². The molecule has 2 heterocycles. The van der Waals surface area contributed by atoms with E-state index in [9.17, 15) is 10.0 Å². The molecular weight excluding hydrogens is 318 g/mol. The lowest BCUT2D eigenvalue weighted by molar-refractivity contribution is 0.1000. The van der Waals surface area contributed by atoms with Crippen LogP contribution in [0.25, 0.3) is 0 Å². The lowest BCUT2D eigenvalue weighted by Crippen LogP contribution is -2.19. The average Bonchev–Trinajstić information content (AvgIpc) is 2.90. The number of hydroxylamine groups is 1. The quantitative estimate of drug-likeness (QED) is 0.885. The second kappa shape index (κ2) is 5.98. The van der Waals surface area contributed by atoms with Crippen molar-refractivity contribution < 1.29 is 19.5 Å². The normalized spacial score (nSPS) is 16.1. The number of aromatic nitrogens is 1. The molecule has 3 N–H and O–H groups in total. The highest BCUT2D eigenvalue weighted by atomic mass is 32.2. The fourth-order valence-corrected chi connectivity index (χ4v) is 3.58. The molecule has 1 aromatic carbocycles. The summed E-state index contributed by atoms with van der Waals surface area (Å²) < 4.78 is 10.4. The fourth-order valence-electron chi connectivity index (χ4n) is 2.34. The Morgan fingerprint density at radius 1 is 1.30 bits per heavy atom. The zero-order valence-corrected chi connectivity index (χ0v) is 13.3. The maximum absolute atomic E-state index is 11.3. The van der Waals surface area contributed by atoms with Gasteiger partial charge in [0.05, 0.1) is 19.9 Å². The van der Waals surface area contributed by atoms with Crippen molar-refractivity contribution in [3.63, 3.8) is 0 Å². The van der Waals surface area contributed by atoms with Crippen LogP contribution in [0.4, 0.5) is 5.69 Å². The molecule has 7 nitrogen and oxygen atoms in total. The third-order valence-electron chi connectivity index (χ3n) is 3.48. The summed E-state index contributed by atoms with van der Waals surface area (Å²) in [6.45, 7) is 0. The van der Waals surface area contributed by atoms with E-state index in [-0.39, 0.29) is 0 Å². The van der Waals surface area contributed by atoms with Crippen LogP contribution < -0.4 is 20.3 Å². The minimum absolute atomic E-state index is 0.365. The van der Waals surface area contributed by atoms with Gasteiger partial charge in [0.25, 0.3) is 0 Å². The van der Waals surface area contributed by atoms with Crippen LogP contribution in [0.3, 0.4) is 0 Å². The highest BCUT2D eigenvalue weighted by Gasteiger charge is 2.33. The van der Waals surface area contributed by atoms with Gasteiger partial charge in [-0.3, -0.25) is 10.0 Å². The summed E-state index contributed by atoms with van der Waals surface area (Å²) in [5.74, 6) is 0.278. The number of benzene rings is 1. The number of hydrogen-bond acceptors (Lipinski definition) is 7. The number of carbonyl (C=O) groups excluding carboxylic acids is 1. The van der Waals surface area contributed by atoms with Crippen molar-refractivity contribution in [2.45, 2.75) is 10.3 Å². The number of amides is 1. The fraction of sp³-hybridized carbons (Fsp3) is 0.200. The summed E-state index contributed by atoms with van der Waals surface area (Å²) >= 11 is 1.38. The van der Waals surface area contributed by atoms with Gasteiger partial charge in [0, 0.05) is 22.1 Å². The number of pyridine rings is 1.